The molecule has 7 heteroatoms. The van der Waals surface area contributed by atoms with Crippen LogP contribution < -0.4 is 5.32 Å². The number of aromatic nitrogens is 4. The van der Waals surface area contributed by atoms with Crippen molar-refractivity contribution in [3.05, 3.63) is 29.3 Å². The minimum atomic E-state index is -0.347. The number of nitrogens with zero attached hydrogens (tertiary/aromatic N) is 4. The highest BCUT2D eigenvalue weighted by Crippen LogP contribution is 2.10. The Balaban J connectivity index is 2.22. The molecule has 19 heavy (non-hydrogen) atoms. The van der Waals surface area contributed by atoms with Crippen LogP contribution in [0.3, 0.4) is 0 Å². The third kappa shape index (κ3) is 2.54. The third-order valence-electron chi connectivity index (χ3n) is 2.85. The van der Waals surface area contributed by atoms with Crippen molar-refractivity contribution in [2.75, 3.05) is 5.32 Å². The summed E-state index contributed by atoms with van der Waals surface area (Å²) in [6.07, 6.45) is 1.62. The fourth-order valence-corrected chi connectivity index (χ4v) is 1.66. The van der Waals surface area contributed by atoms with Crippen molar-refractivity contribution in [3.8, 4) is 0 Å². The molecule has 2 aromatic rings. The van der Waals surface area contributed by atoms with Crippen LogP contribution in [0.4, 0.5) is 5.95 Å². The molecule has 0 aromatic carbocycles. The first-order valence-corrected chi connectivity index (χ1v) is 5.74. The number of carbonyl (C=O) groups excluding carboxylic acids is 2. The van der Waals surface area contributed by atoms with Gasteiger partial charge in [0.1, 0.15) is 11.5 Å². The summed E-state index contributed by atoms with van der Waals surface area (Å²) < 4.78 is 3.17. The lowest BCUT2D eigenvalue weighted by molar-refractivity contribution is 0.101. The SMILES string of the molecule is CC(=O)c1cc(C(=O)Nc2nc(C)n(C)n2)n(C)c1. The molecule has 0 aliphatic carbocycles. The number of nitrogens with one attached hydrogen (secondary N) is 1. The second-order valence-corrected chi connectivity index (χ2v) is 4.34. The van der Waals surface area contributed by atoms with Crippen molar-refractivity contribution in [2.24, 2.45) is 14.1 Å². The van der Waals surface area contributed by atoms with E-state index in [4.69, 9.17) is 0 Å². The molecular weight excluding hydrogens is 246 g/mol. The summed E-state index contributed by atoms with van der Waals surface area (Å²) >= 11 is 0. The van der Waals surface area contributed by atoms with Gasteiger partial charge in [0.25, 0.3) is 5.91 Å². The van der Waals surface area contributed by atoms with E-state index in [0.717, 1.165) is 0 Å². The average Bonchev–Trinajstić information content (AvgIpc) is 2.83. The molecule has 0 aliphatic rings. The number of Topliss-reactive ketones (excluding diaryl/α,β-unsaturated/α-hetero) is 1. The largest absolute Gasteiger partial charge is 0.346 e. The molecule has 0 spiro atoms. The maximum Gasteiger partial charge on any atom is 0.274 e. The van der Waals surface area contributed by atoms with Gasteiger partial charge in [0.2, 0.25) is 5.95 Å². The smallest absolute Gasteiger partial charge is 0.274 e. The molecule has 1 amide bonds. The molecule has 0 fully saturated rings. The van der Waals surface area contributed by atoms with Crippen molar-refractivity contribution in [1.82, 2.24) is 19.3 Å². The van der Waals surface area contributed by atoms with Gasteiger partial charge >= 0.3 is 0 Å². The molecule has 0 bridgehead atoms. The quantitative estimate of drug-likeness (QED) is 0.833. The number of amides is 1. The molecule has 100 valence electrons. The van der Waals surface area contributed by atoms with Crippen molar-refractivity contribution in [2.45, 2.75) is 13.8 Å². The normalized spacial score (nSPS) is 10.5. The van der Waals surface area contributed by atoms with Gasteiger partial charge in [-0.3, -0.25) is 19.6 Å². The number of anilines is 1. The van der Waals surface area contributed by atoms with E-state index in [0.29, 0.717) is 17.1 Å². The second-order valence-electron chi connectivity index (χ2n) is 4.34. The fourth-order valence-electron chi connectivity index (χ4n) is 1.66. The lowest BCUT2D eigenvalue weighted by atomic mass is 10.2. The van der Waals surface area contributed by atoms with Crippen LogP contribution in [0.25, 0.3) is 0 Å². The first-order chi connectivity index (χ1) is 8.88. The lowest BCUT2D eigenvalue weighted by Crippen LogP contribution is -2.16. The van der Waals surface area contributed by atoms with Crippen LogP contribution in [0.5, 0.6) is 0 Å². The Morgan fingerprint density at radius 1 is 1.32 bits per heavy atom. The fraction of sp³-hybridized carbons (Fsp3) is 0.333. The zero-order valence-electron chi connectivity index (χ0n) is 11.3. The standard InChI is InChI=1S/C12H15N5O2/c1-7(18)9-5-10(16(3)6-9)11(19)14-12-13-8(2)17(4)15-12/h5-6H,1-4H3,(H,14,15,19). The zero-order chi connectivity index (χ0) is 14.2. The average molecular weight is 261 g/mol. The Hall–Kier alpha value is -2.44. The van der Waals surface area contributed by atoms with Crippen LogP contribution in [-0.4, -0.2) is 31.0 Å². The topological polar surface area (TPSA) is 81.8 Å². The van der Waals surface area contributed by atoms with Crippen molar-refractivity contribution >= 4 is 17.6 Å². The van der Waals surface area contributed by atoms with E-state index in [1.54, 1.807) is 42.5 Å². The monoisotopic (exact) mass is 261 g/mol. The van der Waals surface area contributed by atoms with Gasteiger partial charge in [-0.1, -0.05) is 0 Å². The summed E-state index contributed by atoms with van der Waals surface area (Å²) in [5.41, 5.74) is 0.883. The predicted octanol–water partition coefficient (Wildman–Crippen LogP) is 0.917. The molecule has 2 heterocycles. The first kappa shape index (κ1) is 13.0. The van der Waals surface area contributed by atoms with E-state index in [1.807, 2.05) is 0 Å². The molecule has 0 aliphatic heterocycles. The first-order valence-electron chi connectivity index (χ1n) is 5.74. The number of rotatable bonds is 3. The van der Waals surface area contributed by atoms with E-state index in [2.05, 4.69) is 15.4 Å². The number of carbonyl (C=O) groups is 2. The van der Waals surface area contributed by atoms with E-state index in [1.165, 1.54) is 6.92 Å². The third-order valence-corrected chi connectivity index (χ3v) is 2.85. The van der Waals surface area contributed by atoms with Crippen LogP contribution in [0.15, 0.2) is 12.3 Å². The van der Waals surface area contributed by atoms with E-state index in [9.17, 15) is 9.59 Å². The highest BCUT2D eigenvalue weighted by molar-refractivity contribution is 6.04. The lowest BCUT2D eigenvalue weighted by Gasteiger charge is -2.01. The maximum atomic E-state index is 12.1. The summed E-state index contributed by atoms with van der Waals surface area (Å²) in [4.78, 5) is 27.4. The van der Waals surface area contributed by atoms with Crippen molar-refractivity contribution < 1.29 is 9.59 Å². The van der Waals surface area contributed by atoms with Gasteiger partial charge in [0.05, 0.1) is 0 Å². The Kier molecular flexibility index (Phi) is 3.20. The Morgan fingerprint density at radius 2 is 2.00 bits per heavy atom. The summed E-state index contributed by atoms with van der Waals surface area (Å²) in [6, 6.07) is 1.55. The van der Waals surface area contributed by atoms with Crippen LogP contribution in [0.2, 0.25) is 0 Å². The molecule has 0 unspecified atom stereocenters. The minimum Gasteiger partial charge on any atom is -0.346 e. The molecule has 0 radical (unpaired) electrons. The van der Waals surface area contributed by atoms with Gasteiger partial charge in [-0.15, -0.1) is 5.10 Å². The molecule has 0 atom stereocenters. The van der Waals surface area contributed by atoms with Gasteiger partial charge in [0.15, 0.2) is 5.78 Å². The van der Waals surface area contributed by atoms with Gasteiger partial charge in [0, 0.05) is 25.9 Å². The van der Waals surface area contributed by atoms with Crippen LogP contribution in [0.1, 0.15) is 33.6 Å². The number of hydrogen-bond donors (Lipinski definition) is 1. The van der Waals surface area contributed by atoms with Crippen LogP contribution >= 0.6 is 0 Å². The summed E-state index contributed by atoms with van der Waals surface area (Å²) in [5, 5.41) is 6.64. The van der Waals surface area contributed by atoms with Crippen LogP contribution in [-0.2, 0) is 14.1 Å². The van der Waals surface area contributed by atoms with Gasteiger partial charge in [-0.2, -0.15) is 4.98 Å². The molecule has 0 saturated carbocycles. The van der Waals surface area contributed by atoms with E-state index < -0.39 is 0 Å². The minimum absolute atomic E-state index is 0.0820. The Bertz CT molecular complexity index is 634. The number of hydrogen-bond acceptors (Lipinski definition) is 4. The summed E-state index contributed by atoms with van der Waals surface area (Å²) in [7, 11) is 3.45. The molecular formula is C12H15N5O2. The van der Waals surface area contributed by atoms with Gasteiger partial charge in [-0.25, -0.2) is 0 Å². The maximum absolute atomic E-state index is 12.1. The highest BCUT2D eigenvalue weighted by atomic mass is 16.2. The van der Waals surface area contributed by atoms with Gasteiger partial charge in [-0.05, 0) is 19.9 Å². The predicted molar refractivity (Wildman–Crippen MR) is 69.1 cm³/mol. The highest BCUT2D eigenvalue weighted by Gasteiger charge is 2.15. The summed E-state index contributed by atoms with van der Waals surface area (Å²) in [6.45, 7) is 3.25. The molecule has 7 nitrogen and oxygen atoms in total. The van der Waals surface area contributed by atoms with Crippen LogP contribution in [0, 0.1) is 6.92 Å². The van der Waals surface area contributed by atoms with Crippen molar-refractivity contribution in [3.63, 3.8) is 0 Å². The zero-order valence-corrected chi connectivity index (χ0v) is 11.3. The number of ketones is 1. The Morgan fingerprint density at radius 3 is 2.47 bits per heavy atom. The van der Waals surface area contributed by atoms with E-state index >= 15 is 0 Å². The molecule has 1 N–H and O–H groups in total. The Labute approximate surface area is 110 Å². The second kappa shape index (κ2) is 4.68. The van der Waals surface area contributed by atoms with Crippen molar-refractivity contribution in [1.29, 1.82) is 0 Å². The summed E-state index contributed by atoms with van der Waals surface area (Å²) in [5.74, 6) is 0.518. The van der Waals surface area contributed by atoms with E-state index in [-0.39, 0.29) is 17.6 Å². The molecule has 2 rings (SSSR count). The number of aryl methyl sites for hydroxylation is 3. The molecule has 2 aromatic heterocycles. The van der Waals surface area contributed by atoms with Gasteiger partial charge < -0.3 is 4.57 Å². The molecule has 0 saturated heterocycles.